The van der Waals surface area contributed by atoms with E-state index in [4.69, 9.17) is 15.7 Å². The lowest BCUT2D eigenvalue weighted by Crippen LogP contribution is -2.39. The van der Waals surface area contributed by atoms with Crippen LogP contribution in [0.2, 0.25) is 0 Å². The molecule has 2 unspecified atom stereocenters. The minimum Gasteiger partial charge on any atom is -0.515 e. The second-order valence-electron chi connectivity index (χ2n) is 6.92. The summed E-state index contributed by atoms with van der Waals surface area (Å²) in [5, 5.41) is 22.2. The van der Waals surface area contributed by atoms with E-state index in [9.17, 15) is 9.50 Å². The number of rotatable bonds is 5. The largest absolute Gasteiger partial charge is 0.515 e. The summed E-state index contributed by atoms with van der Waals surface area (Å²) >= 11 is 0. The Labute approximate surface area is 164 Å². The predicted molar refractivity (Wildman–Crippen MR) is 107 cm³/mol. The fourth-order valence-electron chi connectivity index (χ4n) is 3.53. The van der Waals surface area contributed by atoms with Gasteiger partial charge in [-0.05, 0) is 41.3 Å². The Morgan fingerprint density at radius 3 is 2.89 bits per heavy atom. The van der Waals surface area contributed by atoms with E-state index in [0.717, 1.165) is 36.0 Å². The zero-order valence-corrected chi connectivity index (χ0v) is 15.8. The number of nitriles is 1. The third-order valence-electron chi connectivity index (χ3n) is 4.92. The molecule has 1 saturated heterocycles. The van der Waals surface area contributed by atoms with Gasteiger partial charge in [0.25, 0.3) is 0 Å². The van der Waals surface area contributed by atoms with Gasteiger partial charge in [0.05, 0.1) is 24.5 Å². The summed E-state index contributed by atoms with van der Waals surface area (Å²) in [5.41, 5.74) is 9.79. The summed E-state index contributed by atoms with van der Waals surface area (Å²) in [6.07, 6.45) is 1.67. The Balaban J connectivity index is 2.12. The number of aliphatic hydroxyl groups excluding tert-OH is 1. The summed E-state index contributed by atoms with van der Waals surface area (Å²) in [6, 6.07) is 11.7. The summed E-state index contributed by atoms with van der Waals surface area (Å²) in [5.74, 6) is -0.577. The molecular formula is C22H24FN3O2. The van der Waals surface area contributed by atoms with Gasteiger partial charge in [0.15, 0.2) is 0 Å². The number of nitrogens with zero attached hydrogens (tertiary/aromatic N) is 1. The molecule has 3 rings (SSSR count). The quantitative estimate of drug-likeness (QED) is 0.692. The number of morpholine rings is 1. The third-order valence-corrected chi connectivity index (χ3v) is 4.92. The van der Waals surface area contributed by atoms with Gasteiger partial charge in [-0.2, -0.15) is 5.26 Å². The molecule has 2 aromatic carbocycles. The highest BCUT2D eigenvalue weighted by molar-refractivity contribution is 5.84. The summed E-state index contributed by atoms with van der Waals surface area (Å²) in [4.78, 5) is 0. The molecule has 4 N–H and O–H groups in total. The molecule has 0 radical (unpaired) electrons. The zero-order chi connectivity index (χ0) is 20.1. The van der Waals surface area contributed by atoms with Crippen molar-refractivity contribution in [2.24, 2.45) is 5.73 Å². The molecule has 6 heteroatoms. The first-order chi connectivity index (χ1) is 13.5. The molecule has 28 heavy (non-hydrogen) atoms. The van der Waals surface area contributed by atoms with Gasteiger partial charge in [-0.3, -0.25) is 0 Å². The molecule has 1 heterocycles. The molecule has 2 atom stereocenters. The summed E-state index contributed by atoms with van der Waals surface area (Å²) < 4.78 is 20.1. The van der Waals surface area contributed by atoms with Crippen LogP contribution in [0.3, 0.4) is 0 Å². The van der Waals surface area contributed by atoms with E-state index in [1.54, 1.807) is 13.0 Å². The Bertz CT molecular complexity index is 912. The van der Waals surface area contributed by atoms with Crippen molar-refractivity contribution in [1.82, 2.24) is 5.32 Å². The molecule has 1 fully saturated rings. The lowest BCUT2D eigenvalue weighted by Gasteiger charge is -2.26. The van der Waals surface area contributed by atoms with E-state index in [0.29, 0.717) is 24.2 Å². The average molecular weight is 381 g/mol. The fourth-order valence-corrected chi connectivity index (χ4v) is 3.53. The van der Waals surface area contributed by atoms with Crippen molar-refractivity contribution in [1.29, 1.82) is 5.26 Å². The van der Waals surface area contributed by atoms with Gasteiger partial charge < -0.3 is 20.9 Å². The first kappa shape index (κ1) is 20.0. The van der Waals surface area contributed by atoms with Gasteiger partial charge in [-0.15, -0.1) is 0 Å². The van der Waals surface area contributed by atoms with Crippen molar-refractivity contribution in [3.05, 3.63) is 65.2 Å². The van der Waals surface area contributed by atoms with Crippen molar-refractivity contribution in [2.45, 2.75) is 25.5 Å². The maximum atomic E-state index is 14.2. The maximum absolute atomic E-state index is 14.2. The molecule has 2 aromatic rings. The number of nitrogens with two attached hydrogens (primary N) is 1. The lowest BCUT2D eigenvalue weighted by molar-refractivity contribution is 0.0292. The van der Waals surface area contributed by atoms with E-state index in [2.05, 4.69) is 5.32 Å². The highest BCUT2D eigenvalue weighted by atomic mass is 19.1. The van der Waals surface area contributed by atoms with Gasteiger partial charge in [0.2, 0.25) is 0 Å². The van der Waals surface area contributed by atoms with Crippen LogP contribution in [0, 0.1) is 17.1 Å². The van der Waals surface area contributed by atoms with Gasteiger partial charge in [0.1, 0.15) is 11.9 Å². The number of aliphatic hydroxyl groups is 1. The number of benzene rings is 2. The summed E-state index contributed by atoms with van der Waals surface area (Å²) in [7, 11) is 0. The van der Waals surface area contributed by atoms with Crippen molar-refractivity contribution in [3.8, 4) is 17.2 Å². The second kappa shape index (κ2) is 8.98. The standard InChI is InChI=1S/C22H24FN3O2/c1-14(25)20(13-27)22-16(9-18-12-26-7-8-28-18)3-2-4-19(22)15-5-6-17(11-24)21(23)10-15/h2-6,10,13-14,18,26-27H,7-9,12,25H2,1H3/b20-13+. The first-order valence-corrected chi connectivity index (χ1v) is 9.29. The van der Waals surface area contributed by atoms with Gasteiger partial charge in [0, 0.05) is 31.1 Å². The minimum atomic E-state index is -0.577. The molecule has 146 valence electrons. The van der Waals surface area contributed by atoms with Crippen LogP contribution in [0.25, 0.3) is 16.7 Å². The smallest absolute Gasteiger partial charge is 0.141 e. The minimum absolute atomic E-state index is 0.00625. The van der Waals surface area contributed by atoms with Crippen LogP contribution in [0.15, 0.2) is 42.7 Å². The normalized spacial score (nSPS) is 18.5. The van der Waals surface area contributed by atoms with Crippen LogP contribution >= 0.6 is 0 Å². The number of nitrogens with one attached hydrogen (secondary N) is 1. The molecule has 0 aliphatic carbocycles. The fraction of sp³-hybridized carbons (Fsp3) is 0.318. The zero-order valence-electron chi connectivity index (χ0n) is 15.8. The molecular weight excluding hydrogens is 357 g/mol. The molecule has 0 saturated carbocycles. The van der Waals surface area contributed by atoms with Gasteiger partial charge >= 0.3 is 0 Å². The van der Waals surface area contributed by atoms with E-state index >= 15 is 0 Å². The van der Waals surface area contributed by atoms with Crippen LogP contribution in [0.4, 0.5) is 4.39 Å². The van der Waals surface area contributed by atoms with Crippen LogP contribution in [0.5, 0.6) is 0 Å². The molecule has 5 nitrogen and oxygen atoms in total. The number of hydrogen-bond donors (Lipinski definition) is 3. The molecule has 1 aliphatic rings. The topological polar surface area (TPSA) is 91.3 Å². The number of hydrogen-bond acceptors (Lipinski definition) is 5. The number of halogens is 1. The van der Waals surface area contributed by atoms with E-state index in [1.807, 2.05) is 24.3 Å². The molecule has 0 aromatic heterocycles. The average Bonchev–Trinajstić information content (AvgIpc) is 2.70. The van der Waals surface area contributed by atoms with Crippen molar-refractivity contribution in [3.63, 3.8) is 0 Å². The molecule has 0 amide bonds. The summed E-state index contributed by atoms with van der Waals surface area (Å²) in [6.45, 7) is 4.01. The molecule has 1 aliphatic heterocycles. The van der Waals surface area contributed by atoms with Crippen molar-refractivity contribution in [2.75, 3.05) is 19.7 Å². The van der Waals surface area contributed by atoms with E-state index in [1.165, 1.54) is 12.1 Å². The first-order valence-electron chi connectivity index (χ1n) is 9.29. The highest BCUT2D eigenvalue weighted by Gasteiger charge is 2.22. The van der Waals surface area contributed by atoms with Crippen LogP contribution < -0.4 is 11.1 Å². The van der Waals surface area contributed by atoms with E-state index < -0.39 is 11.9 Å². The van der Waals surface area contributed by atoms with Crippen LogP contribution in [-0.2, 0) is 11.2 Å². The van der Waals surface area contributed by atoms with Crippen LogP contribution in [0.1, 0.15) is 23.6 Å². The Kier molecular flexibility index (Phi) is 6.42. The maximum Gasteiger partial charge on any atom is 0.141 e. The Hall–Kier alpha value is -2.72. The van der Waals surface area contributed by atoms with E-state index in [-0.39, 0.29) is 11.7 Å². The third kappa shape index (κ3) is 4.23. The Morgan fingerprint density at radius 1 is 1.46 bits per heavy atom. The Morgan fingerprint density at radius 2 is 2.29 bits per heavy atom. The number of ether oxygens (including phenoxy) is 1. The monoisotopic (exact) mass is 381 g/mol. The van der Waals surface area contributed by atoms with Gasteiger partial charge in [-0.1, -0.05) is 24.3 Å². The molecule has 0 spiro atoms. The predicted octanol–water partition coefficient (Wildman–Crippen LogP) is 3.14. The lowest BCUT2D eigenvalue weighted by atomic mass is 9.86. The van der Waals surface area contributed by atoms with Crippen molar-refractivity contribution < 1.29 is 14.2 Å². The van der Waals surface area contributed by atoms with Gasteiger partial charge in [-0.25, -0.2) is 4.39 Å². The van der Waals surface area contributed by atoms with Crippen molar-refractivity contribution >= 4 is 5.57 Å². The van der Waals surface area contributed by atoms with Crippen LogP contribution in [-0.4, -0.2) is 36.9 Å². The SMILES string of the molecule is CC(N)/C(=C\O)c1c(CC2CNCCO2)cccc1-c1ccc(C#N)c(F)c1. The highest BCUT2D eigenvalue weighted by Crippen LogP contribution is 2.34. The second-order valence-corrected chi connectivity index (χ2v) is 6.92. The molecule has 0 bridgehead atoms.